The van der Waals surface area contributed by atoms with Crippen molar-refractivity contribution in [3.63, 3.8) is 0 Å². The average molecular weight is 257 g/mol. The van der Waals surface area contributed by atoms with Gasteiger partial charge in [0.05, 0.1) is 18.8 Å². The summed E-state index contributed by atoms with van der Waals surface area (Å²) < 4.78 is 0. The summed E-state index contributed by atoms with van der Waals surface area (Å²) in [5.74, 6) is -0.130. The molecule has 0 fully saturated rings. The Morgan fingerprint density at radius 2 is 2.00 bits per heavy atom. The molecule has 0 radical (unpaired) electrons. The lowest BCUT2D eigenvalue weighted by atomic mass is 10.1. The van der Waals surface area contributed by atoms with Gasteiger partial charge in [0.25, 0.3) is 0 Å². The first-order valence-corrected chi connectivity index (χ1v) is 6.90. The Morgan fingerprint density at radius 3 is 2.56 bits per heavy atom. The van der Waals surface area contributed by atoms with E-state index in [2.05, 4.69) is 12.2 Å². The number of unbranched alkanes of at least 4 members (excludes halogenated alkanes) is 3. The average Bonchev–Trinajstić information content (AvgIpc) is 2.35. The van der Waals surface area contributed by atoms with Crippen molar-refractivity contribution in [1.82, 2.24) is 5.32 Å². The van der Waals surface area contributed by atoms with Crippen molar-refractivity contribution in [1.29, 1.82) is 0 Å². The van der Waals surface area contributed by atoms with Crippen LogP contribution in [-0.2, 0) is 4.79 Å². The zero-order chi connectivity index (χ0) is 13.8. The molecule has 0 spiro atoms. The Kier molecular flexibility index (Phi) is 10.7. The molecule has 0 aromatic carbocycles. The van der Waals surface area contributed by atoms with Gasteiger partial charge < -0.3 is 15.5 Å². The van der Waals surface area contributed by atoms with Crippen molar-refractivity contribution in [3.05, 3.63) is 12.2 Å². The second kappa shape index (κ2) is 11.2. The van der Waals surface area contributed by atoms with Gasteiger partial charge in [-0.1, -0.05) is 38.8 Å². The van der Waals surface area contributed by atoms with Gasteiger partial charge in [0, 0.05) is 6.42 Å². The number of aliphatic hydroxyl groups excluding tert-OH is 2. The molecular formula is C14H27NO3. The largest absolute Gasteiger partial charge is 0.394 e. The van der Waals surface area contributed by atoms with Crippen molar-refractivity contribution < 1.29 is 15.0 Å². The Morgan fingerprint density at radius 1 is 1.28 bits per heavy atom. The number of hydrogen-bond acceptors (Lipinski definition) is 3. The molecule has 0 saturated carbocycles. The van der Waals surface area contributed by atoms with Gasteiger partial charge in [-0.05, 0) is 19.3 Å². The quantitative estimate of drug-likeness (QED) is 0.412. The van der Waals surface area contributed by atoms with Gasteiger partial charge in [-0.2, -0.15) is 0 Å². The van der Waals surface area contributed by atoms with Gasteiger partial charge >= 0.3 is 0 Å². The van der Waals surface area contributed by atoms with Crippen LogP contribution in [0.2, 0.25) is 0 Å². The van der Waals surface area contributed by atoms with E-state index >= 15 is 0 Å². The number of rotatable bonds is 10. The van der Waals surface area contributed by atoms with Crippen LogP contribution < -0.4 is 5.32 Å². The molecule has 0 aliphatic carbocycles. The normalized spacial score (nSPS) is 14.7. The topological polar surface area (TPSA) is 69.6 Å². The number of nitrogens with one attached hydrogen (secondary N) is 1. The summed E-state index contributed by atoms with van der Waals surface area (Å²) in [6.07, 6.45) is 8.29. The molecule has 0 bridgehead atoms. The highest BCUT2D eigenvalue weighted by Gasteiger charge is 2.17. The van der Waals surface area contributed by atoms with Crippen LogP contribution in [0.5, 0.6) is 0 Å². The number of carbonyl (C=O) groups excluding carboxylic acids is 1. The molecule has 2 unspecified atom stereocenters. The van der Waals surface area contributed by atoms with Crippen molar-refractivity contribution in [2.24, 2.45) is 0 Å². The molecule has 1 amide bonds. The van der Waals surface area contributed by atoms with Crippen LogP contribution in [0.3, 0.4) is 0 Å². The second-order valence-corrected chi connectivity index (χ2v) is 4.52. The molecule has 4 heteroatoms. The SMILES string of the molecule is CCCCCC=CC(O)C(CO)NC(=O)CCC. The number of amides is 1. The van der Waals surface area contributed by atoms with Gasteiger partial charge in [0.1, 0.15) is 0 Å². The Hall–Kier alpha value is -0.870. The lowest BCUT2D eigenvalue weighted by Gasteiger charge is -2.19. The minimum absolute atomic E-state index is 0.130. The van der Waals surface area contributed by atoms with E-state index in [1.165, 1.54) is 12.8 Å². The van der Waals surface area contributed by atoms with Crippen LogP contribution in [0.4, 0.5) is 0 Å². The summed E-state index contributed by atoms with van der Waals surface area (Å²) >= 11 is 0. The third-order valence-corrected chi connectivity index (χ3v) is 2.74. The zero-order valence-electron chi connectivity index (χ0n) is 11.6. The Bertz CT molecular complexity index is 241. The molecule has 106 valence electrons. The fraction of sp³-hybridized carbons (Fsp3) is 0.786. The highest BCUT2D eigenvalue weighted by atomic mass is 16.3. The van der Waals surface area contributed by atoms with E-state index in [9.17, 15) is 9.90 Å². The molecule has 0 aliphatic rings. The van der Waals surface area contributed by atoms with Crippen LogP contribution >= 0.6 is 0 Å². The smallest absolute Gasteiger partial charge is 0.220 e. The third-order valence-electron chi connectivity index (χ3n) is 2.74. The molecule has 0 aliphatic heterocycles. The molecular weight excluding hydrogens is 230 g/mol. The maximum absolute atomic E-state index is 11.4. The summed E-state index contributed by atoms with van der Waals surface area (Å²) in [5.41, 5.74) is 0. The van der Waals surface area contributed by atoms with E-state index in [0.717, 1.165) is 19.3 Å². The molecule has 2 atom stereocenters. The van der Waals surface area contributed by atoms with Crippen molar-refractivity contribution >= 4 is 5.91 Å². The number of carbonyl (C=O) groups is 1. The Labute approximate surface area is 110 Å². The van der Waals surface area contributed by atoms with Gasteiger partial charge in [0.2, 0.25) is 5.91 Å². The van der Waals surface area contributed by atoms with Crippen LogP contribution in [0.15, 0.2) is 12.2 Å². The van der Waals surface area contributed by atoms with E-state index in [0.29, 0.717) is 6.42 Å². The summed E-state index contributed by atoms with van der Waals surface area (Å²) in [4.78, 5) is 11.4. The first-order chi connectivity index (χ1) is 8.65. The van der Waals surface area contributed by atoms with Gasteiger partial charge in [0.15, 0.2) is 0 Å². The van der Waals surface area contributed by atoms with Crippen LogP contribution in [0.1, 0.15) is 52.4 Å². The lowest BCUT2D eigenvalue weighted by molar-refractivity contribution is -0.122. The molecule has 0 aromatic rings. The molecule has 0 saturated heterocycles. The maximum Gasteiger partial charge on any atom is 0.220 e. The maximum atomic E-state index is 11.4. The van der Waals surface area contributed by atoms with Crippen LogP contribution in [0, 0.1) is 0 Å². The number of allylic oxidation sites excluding steroid dienone is 1. The van der Waals surface area contributed by atoms with Crippen LogP contribution in [-0.4, -0.2) is 34.9 Å². The van der Waals surface area contributed by atoms with Crippen molar-refractivity contribution in [2.45, 2.75) is 64.5 Å². The second-order valence-electron chi connectivity index (χ2n) is 4.52. The highest BCUT2D eigenvalue weighted by Crippen LogP contribution is 2.02. The van der Waals surface area contributed by atoms with Gasteiger partial charge in [-0.25, -0.2) is 0 Å². The molecule has 0 heterocycles. The van der Waals surface area contributed by atoms with Crippen molar-refractivity contribution in [2.75, 3.05) is 6.61 Å². The first kappa shape index (κ1) is 17.1. The summed E-state index contributed by atoms with van der Waals surface area (Å²) in [6, 6.07) is -0.605. The van der Waals surface area contributed by atoms with Crippen LogP contribution in [0.25, 0.3) is 0 Å². The summed E-state index contributed by atoms with van der Waals surface area (Å²) in [7, 11) is 0. The van der Waals surface area contributed by atoms with Gasteiger partial charge in [-0.3, -0.25) is 4.79 Å². The molecule has 3 N–H and O–H groups in total. The van der Waals surface area contributed by atoms with E-state index in [1.54, 1.807) is 6.08 Å². The molecule has 4 nitrogen and oxygen atoms in total. The predicted molar refractivity (Wildman–Crippen MR) is 73.2 cm³/mol. The lowest BCUT2D eigenvalue weighted by Crippen LogP contribution is -2.45. The fourth-order valence-corrected chi connectivity index (χ4v) is 1.63. The monoisotopic (exact) mass is 257 g/mol. The third kappa shape index (κ3) is 8.25. The first-order valence-electron chi connectivity index (χ1n) is 6.90. The molecule has 0 rings (SSSR count). The van der Waals surface area contributed by atoms with E-state index in [-0.39, 0.29) is 12.5 Å². The van der Waals surface area contributed by atoms with E-state index in [1.807, 2.05) is 13.0 Å². The highest BCUT2D eigenvalue weighted by molar-refractivity contribution is 5.76. The van der Waals surface area contributed by atoms with E-state index < -0.39 is 12.1 Å². The van der Waals surface area contributed by atoms with E-state index in [4.69, 9.17) is 5.11 Å². The fourth-order valence-electron chi connectivity index (χ4n) is 1.63. The Balaban J connectivity index is 4.01. The van der Waals surface area contributed by atoms with Gasteiger partial charge in [-0.15, -0.1) is 0 Å². The standard InChI is InChI=1S/C14H27NO3/c1-3-5-6-7-8-10-13(17)12(11-16)15-14(18)9-4-2/h8,10,12-13,16-17H,3-7,9,11H2,1-2H3,(H,15,18). The molecule has 0 aromatic heterocycles. The zero-order valence-corrected chi connectivity index (χ0v) is 11.6. The van der Waals surface area contributed by atoms with Crippen molar-refractivity contribution in [3.8, 4) is 0 Å². The minimum atomic E-state index is -0.822. The predicted octanol–water partition coefficient (Wildman–Crippen LogP) is 1.76. The number of aliphatic hydroxyl groups is 2. The number of hydrogen-bond donors (Lipinski definition) is 3. The summed E-state index contributed by atoms with van der Waals surface area (Å²) in [6.45, 7) is 3.80. The molecule has 18 heavy (non-hydrogen) atoms. The minimum Gasteiger partial charge on any atom is -0.394 e. The summed E-state index contributed by atoms with van der Waals surface area (Å²) in [5, 5.41) is 21.6.